The van der Waals surface area contributed by atoms with Crippen molar-refractivity contribution < 1.29 is 19.1 Å². The van der Waals surface area contributed by atoms with Crippen LogP contribution in [0.25, 0.3) is 0 Å². The highest BCUT2D eigenvalue weighted by Crippen LogP contribution is 2.42. The van der Waals surface area contributed by atoms with Gasteiger partial charge in [-0.25, -0.2) is 4.79 Å². The lowest BCUT2D eigenvalue weighted by atomic mass is 9.68. The average molecular weight is 370 g/mol. The molecule has 1 aromatic rings. The Morgan fingerprint density at radius 1 is 1.11 bits per heavy atom. The van der Waals surface area contributed by atoms with Crippen LogP contribution in [0.4, 0.5) is 4.79 Å². The molecule has 2 aliphatic carbocycles. The van der Waals surface area contributed by atoms with E-state index in [0.29, 0.717) is 31.5 Å². The number of nitrogens with zero attached hydrogens (tertiary/aromatic N) is 1. The van der Waals surface area contributed by atoms with Gasteiger partial charge in [0.2, 0.25) is 5.91 Å². The van der Waals surface area contributed by atoms with Crippen molar-refractivity contribution in [2.45, 2.75) is 56.1 Å². The smallest absolute Gasteiger partial charge is 0.407 e. The van der Waals surface area contributed by atoms with Gasteiger partial charge in [0, 0.05) is 19.0 Å². The fourth-order valence-electron chi connectivity index (χ4n) is 4.66. The first-order chi connectivity index (χ1) is 13.1. The maximum atomic E-state index is 12.8. The predicted molar refractivity (Wildman–Crippen MR) is 98.6 cm³/mol. The maximum absolute atomic E-state index is 12.8. The number of amides is 2. The quantitative estimate of drug-likeness (QED) is 0.885. The van der Waals surface area contributed by atoms with Crippen LogP contribution in [0, 0.1) is 5.92 Å². The van der Waals surface area contributed by atoms with E-state index in [1.807, 2.05) is 4.90 Å². The molecule has 2 saturated heterocycles. The van der Waals surface area contributed by atoms with Gasteiger partial charge in [0.1, 0.15) is 12.4 Å². The molecule has 1 aromatic carbocycles. The van der Waals surface area contributed by atoms with Gasteiger partial charge in [-0.2, -0.15) is 0 Å². The van der Waals surface area contributed by atoms with E-state index in [4.69, 9.17) is 9.47 Å². The minimum Gasteiger partial charge on any atom is -0.490 e. The monoisotopic (exact) mass is 370 g/mol. The zero-order chi connectivity index (χ0) is 18.4. The topological polar surface area (TPSA) is 67.9 Å². The average Bonchev–Trinajstić information content (AvgIpc) is 3.39. The zero-order valence-electron chi connectivity index (χ0n) is 15.5. The SMILES string of the molecule is O=C1N[C@]2(CO1)C[C@H](C(=O)N1CCC(c3ccc(OC4CC4)cc3)CC1)C2. The number of nitrogens with one attached hydrogen (secondary N) is 1. The number of rotatable bonds is 4. The van der Waals surface area contributed by atoms with Gasteiger partial charge in [-0.15, -0.1) is 0 Å². The molecule has 2 amide bonds. The van der Waals surface area contributed by atoms with E-state index in [1.54, 1.807) is 0 Å². The summed E-state index contributed by atoms with van der Waals surface area (Å²) in [7, 11) is 0. The third kappa shape index (κ3) is 3.37. The molecule has 4 aliphatic rings. The summed E-state index contributed by atoms with van der Waals surface area (Å²) in [6, 6.07) is 8.52. The van der Waals surface area contributed by atoms with Gasteiger partial charge in [0.05, 0.1) is 11.6 Å². The molecule has 0 bridgehead atoms. The summed E-state index contributed by atoms with van der Waals surface area (Å²) < 4.78 is 10.8. The summed E-state index contributed by atoms with van der Waals surface area (Å²) in [5.41, 5.74) is 1.07. The van der Waals surface area contributed by atoms with Gasteiger partial charge >= 0.3 is 6.09 Å². The first-order valence-corrected chi connectivity index (χ1v) is 10.1. The number of cyclic esters (lactones) is 1. The molecule has 4 fully saturated rings. The van der Waals surface area contributed by atoms with Crippen LogP contribution < -0.4 is 10.1 Å². The van der Waals surface area contributed by atoms with E-state index in [1.165, 1.54) is 18.4 Å². The van der Waals surface area contributed by atoms with Crippen molar-refractivity contribution in [3.05, 3.63) is 29.8 Å². The van der Waals surface area contributed by atoms with Crippen LogP contribution in [0.1, 0.15) is 50.0 Å². The Balaban J connectivity index is 1.11. The van der Waals surface area contributed by atoms with Crippen LogP contribution in [-0.4, -0.2) is 48.2 Å². The molecule has 1 spiro atoms. The molecule has 2 aliphatic heterocycles. The Kier molecular flexibility index (Phi) is 4.02. The molecule has 6 heteroatoms. The molecule has 2 heterocycles. The summed E-state index contributed by atoms with van der Waals surface area (Å²) in [5.74, 6) is 1.76. The number of ether oxygens (including phenoxy) is 2. The normalized spacial score (nSPS) is 30.6. The Labute approximate surface area is 159 Å². The molecule has 144 valence electrons. The van der Waals surface area contributed by atoms with Crippen molar-refractivity contribution in [1.29, 1.82) is 0 Å². The van der Waals surface area contributed by atoms with Crippen molar-refractivity contribution >= 4 is 12.0 Å². The van der Waals surface area contributed by atoms with E-state index in [0.717, 1.165) is 31.7 Å². The van der Waals surface area contributed by atoms with Crippen molar-refractivity contribution in [1.82, 2.24) is 10.2 Å². The number of likely N-dealkylation sites (tertiary alicyclic amines) is 1. The van der Waals surface area contributed by atoms with Crippen molar-refractivity contribution in [3.8, 4) is 5.75 Å². The fraction of sp³-hybridized carbons (Fsp3) is 0.619. The van der Waals surface area contributed by atoms with Crippen LogP contribution in [0.3, 0.4) is 0 Å². The lowest BCUT2D eigenvalue weighted by Gasteiger charge is -2.45. The second-order valence-electron chi connectivity index (χ2n) is 8.57. The highest BCUT2D eigenvalue weighted by Gasteiger charge is 2.53. The number of piperidine rings is 1. The predicted octanol–water partition coefficient (Wildman–Crippen LogP) is 2.82. The number of carbonyl (C=O) groups is 2. The first-order valence-electron chi connectivity index (χ1n) is 10.1. The van der Waals surface area contributed by atoms with Crippen LogP contribution in [-0.2, 0) is 9.53 Å². The van der Waals surface area contributed by atoms with E-state index >= 15 is 0 Å². The van der Waals surface area contributed by atoms with Gasteiger partial charge in [0.15, 0.2) is 0 Å². The minimum atomic E-state index is -0.352. The van der Waals surface area contributed by atoms with Gasteiger partial charge in [-0.05, 0) is 62.1 Å². The molecule has 1 N–H and O–H groups in total. The van der Waals surface area contributed by atoms with E-state index in [-0.39, 0.29) is 23.5 Å². The van der Waals surface area contributed by atoms with Crippen LogP contribution in [0.5, 0.6) is 5.75 Å². The third-order valence-corrected chi connectivity index (χ3v) is 6.46. The summed E-state index contributed by atoms with van der Waals surface area (Å²) in [4.78, 5) is 26.0. The van der Waals surface area contributed by atoms with Gasteiger partial charge in [-0.3, -0.25) is 4.79 Å². The molecule has 0 atom stereocenters. The second kappa shape index (κ2) is 6.43. The van der Waals surface area contributed by atoms with Crippen molar-refractivity contribution in [3.63, 3.8) is 0 Å². The Hall–Kier alpha value is -2.24. The number of hydrogen-bond donors (Lipinski definition) is 1. The lowest BCUT2D eigenvalue weighted by molar-refractivity contribution is -0.142. The second-order valence-corrected chi connectivity index (χ2v) is 8.57. The Morgan fingerprint density at radius 3 is 2.41 bits per heavy atom. The third-order valence-electron chi connectivity index (χ3n) is 6.46. The van der Waals surface area contributed by atoms with E-state index in [9.17, 15) is 9.59 Å². The largest absolute Gasteiger partial charge is 0.490 e. The maximum Gasteiger partial charge on any atom is 0.407 e. The molecular weight excluding hydrogens is 344 g/mol. The van der Waals surface area contributed by atoms with Gasteiger partial charge < -0.3 is 19.7 Å². The number of alkyl carbamates (subject to hydrolysis) is 1. The summed E-state index contributed by atoms with van der Waals surface area (Å²) in [6.45, 7) is 2.03. The molecular formula is C21H26N2O4. The molecule has 0 aromatic heterocycles. The summed E-state index contributed by atoms with van der Waals surface area (Å²) in [5, 5.41) is 2.86. The van der Waals surface area contributed by atoms with E-state index < -0.39 is 0 Å². The van der Waals surface area contributed by atoms with Crippen LogP contribution >= 0.6 is 0 Å². The van der Waals surface area contributed by atoms with E-state index in [2.05, 4.69) is 29.6 Å². The minimum absolute atomic E-state index is 0.0300. The van der Waals surface area contributed by atoms with Crippen molar-refractivity contribution in [2.24, 2.45) is 5.92 Å². The fourth-order valence-corrected chi connectivity index (χ4v) is 4.66. The van der Waals surface area contributed by atoms with Crippen LogP contribution in [0.15, 0.2) is 24.3 Å². The zero-order valence-corrected chi connectivity index (χ0v) is 15.5. The molecule has 5 rings (SSSR count). The molecule has 0 unspecified atom stereocenters. The highest BCUT2D eigenvalue weighted by molar-refractivity contribution is 5.81. The summed E-state index contributed by atoms with van der Waals surface area (Å²) >= 11 is 0. The lowest BCUT2D eigenvalue weighted by Crippen LogP contribution is -2.58. The molecule has 27 heavy (non-hydrogen) atoms. The molecule has 6 nitrogen and oxygen atoms in total. The first kappa shape index (κ1) is 16.9. The molecule has 2 saturated carbocycles. The van der Waals surface area contributed by atoms with Gasteiger partial charge in [0.25, 0.3) is 0 Å². The Morgan fingerprint density at radius 2 is 1.81 bits per heavy atom. The number of hydrogen-bond acceptors (Lipinski definition) is 4. The van der Waals surface area contributed by atoms with Crippen LogP contribution in [0.2, 0.25) is 0 Å². The standard InChI is InChI=1S/C21H26N2O4/c24-19(16-11-21(12-16)13-26-20(25)22-21)23-9-7-15(8-10-23)14-1-3-17(4-2-14)27-18-5-6-18/h1-4,15-16,18H,5-13H2,(H,22,25)/t16-,21+. The molecule has 0 radical (unpaired) electrons. The number of carbonyl (C=O) groups excluding carboxylic acids is 2. The summed E-state index contributed by atoms with van der Waals surface area (Å²) in [6.07, 6.45) is 5.86. The highest BCUT2D eigenvalue weighted by atomic mass is 16.6. The van der Waals surface area contributed by atoms with Gasteiger partial charge in [-0.1, -0.05) is 12.1 Å². The van der Waals surface area contributed by atoms with Crippen molar-refractivity contribution in [2.75, 3.05) is 19.7 Å². The Bertz CT molecular complexity index is 729. The number of benzene rings is 1.